The Morgan fingerprint density at radius 3 is 2.57 bits per heavy atom. The van der Waals surface area contributed by atoms with Crippen molar-refractivity contribution in [1.82, 2.24) is 19.6 Å². The van der Waals surface area contributed by atoms with Gasteiger partial charge in [-0.25, -0.2) is 4.68 Å². The van der Waals surface area contributed by atoms with Crippen LogP contribution in [0.15, 0.2) is 60.7 Å². The zero-order valence-corrected chi connectivity index (χ0v) is 18.8. The van der Waals surface area contributed by atoms with E-state index in [0.717, 1.165) is 54.2 Å². The Morgan fingerprint density at radius 2 is 1.80 bits per heavy atom. The maximum absolute atomic E-state index is 5.54. The van der Waals surface area contributed by atoms with Gasteiger partial charge in [0.25, 0.3) is 0 Å². The van der Waals surface area contributed by atoms with Crippen molar-refractivity contribution in [2.75, 3.05) is 38.0 Å². The molecule has 1 aliphatic heterocycles. The molecule has 0 bridgehead atoms. The average Bonchev–Trinajstić information content (AvgIpc) is 3.08. The van der Waals surface area contributed by atoms with Crippen LogP contribution in [-0.2, 0) is 6.67 Å². The average molecular weight is 438 g/mol. The number of anilines is 2. The number of nitrogens with one attached hydrogen (secondary N) is 1. The van der Waals surface area contributed by atoms with Crippen LogP contribution in [0.25, 0.3) is 6.08 Å². The van der Waals surface area contributed by atoms with Gasteiger partial charge in [0.1, 0.15) is 0 Å². The predicted octanol–water partition coefficient (Wildman–Crippen LogP) is 5.01. The van der Waals surface area contributed by atoms with E-state index in [-0.39, 0.29) is 0 Å². The zero-order chi connectivity index (χ0) is 20.8. The largest absolute Gasteiger partial charge is 0.330 e. The highest BCUT2D eigenvalue weighted by atomic mass is 32.1. The molecule has 0 spiro atoms. The SMILES string of the molecule is Cc1cccc(Nc2nn(CN3CCN(C/C=C/c4ccccc4)CC3)c(=S)s2)c1. The predicted molar refractivity (Wildman–Crippen MR) is 129 cm³/mol. The first-order chi connectivity index (χ1) is 14.7. The van der Waals surface area contributed by atoms with Gasteiger partial charge in [-0.15, -0.1) is 5.10 Å². The van der Waals surface area contributed by atoms with Crippen molar-refractivity contribution >= 4 is 40.4 Å². The lowest BCUT2D eigenvalue weighted by Gasteiger charge is -2.33. The fourth-order valence-electron chi connectivity index (χ4n) is 3.50. The molecule has 1 aliphatic rings. The Morgan fingerprint density at radius 1 is 1.03 bits per heavy atom. The van der Waals surface area contributed by atoms with Gasteiger partial charge in [-0.2, -0.15) is 0 Å². The summed E-state index contributed by atoms with van der Waals surface area (Å²) < 4.78 is 2.74. The monoisotopic (exact) mass is 437 g/mol. The number of rotatable bonds is 7. The minimum absolute atomic E-state index is 0.749. The summed E-state index contributed by atoms with van der Waals surface area (Å²) >= 11 is 7.07. The summed E-state index contributed by atoms with van der Waals surface area (Å²) in [5.74, 6) is 0. The van der Waals surface area contributed by atoms with Crippen LogP contribution >= 0.6 is 23.6 Å². The van der Waals surface area contributed by atoms with Gasteiger partial charge in [-0.1, -0.05) is 66.0 Å². The van der Waals surface area contributed by atoms with Crippen molar-refractivity contribution in [3.05, 3.63) is 75.8 Å². The van der Waals surface area contributed by atoms with Crippen LogP contribution in [0.4, 0.5) is 10.8 Å². The lowest BCUT2D eigenvalue weighted by Crippen LogP contribution is -2.46. The van der Waals surface area contributed by atoms with Crippen molar-refractivity contribution < 1.29 is 0 Å². The van der Waals surface area contributed by atoms with E-state index >= 15 is 0 Å². The van der Waals surface area contributed by atoms with E-state index in [4.69, 9.17) is 12.2 Å². The molecule has 0 unspecified atom stereocenters. The third kappa shape index (κ3) is 5.86. The van der Waals surface area contributed by atoms with Gasteiger partial charge in [-0.05, 0) is 42.4 Å². The van der Waals surface area contributed by atoms with E-state index in [1.54, 1.807) is 0 Å². The van der Waals surface area contributed by atoms with Gasteiger partial charge in [0.05, 0.1) is 6.67 Å². The van der Waals surface area contributed by atoms with Crippen molar-refractivity contribution in [2.24, 2.45) is 0 Å². The quantitative estimate of drug-likeness (QED) is 0.526. The number of hydrogen-bond acceptors (Lipinski definition) is 6. The Balaban J connectivity index is 1.26. The molecule has 156 valence electrons. The molecule has 1 fully saturated rings. The minimum Gasteiger partial charge on any atom is -0.330 e. The van der Waals surface area contributed by atoms with Gasteiger partial charge in [-0.3, -0.25) is 9.80 Å². The van der Waals surface area contributed by atoms with E-state index in [1.165, 1.54) is 22.5 Å². The lowest BCUT2D eigenvalue weighted by molar-refractivity contribution is 0.111. The minimum atomic E-state index is 0.749. The fourth-order valence-corrected chi connectivity index (χ4v) is 4.51. The highest BCUT2D eigenvalue weighted by Gasteiger charge is 2.17. The van der Waals surface area contributed by atoms with Crippen LogP contribution in [0.2, 0.25) is 0 Å². The van der Waals surface area contributed by atoms with Crippen LogP contribution in [-0.4, -0.2) is 52.3 Å². The van der Waals surface area contributed by atoms with Gasteiger partial charge >= 0.3 is 0 Å². The zero-order valence-electron chi connectivity index (χ0n) is 17.2. The highest BCUT2D eigenvalue weighted by molar-refractivity contribution is 7.73. The van der Waals surface area contributed by atoms with Crippen molar-refractivity contribution in [3.8, 4) is 0 Å². The van der Waals surface area contributed by atoms with Crippen LogP contribution < -0.4 is 5.32 Å². The van der Waals surface area contributed by atoms with Crippen LogP contribution in [0.5, 0.6) is 0 Å². The summed E-state index contributed by atoms with van der Waals surface area (Å²) in [6.07, 6.45) is 4.45. The molecule has 2 heterocycles. The van der Waals surface area contributed by atoms with Gasteiger partial charge < -0.3 is 5.32 Å². The van der Waals surface area contributed by atoms with Crippen LogP contribution in [0.1, 0.15) is 11.1 Å². The molecule has 30 heavy (non-hydrogen) atoms. The summed E-state index contributed by atoms with van der Waals surface area (Å²) in [4.78, 5) is 4.91. The Labute approximate surface area is 187 Å². The highest BCUT2D eigenvalue weighted by Crippen LogP contribution is 2.21. The third-order valence-corrected chi connectivity index (χ3v) is 6.37. The van der Waals surface area contributed by atoms with E-state index in [1.807, 2.05) is 22.9 Å². The Bertz CT molecular complexity index is 1030. The van der Waals surface area contributed by atoms with Crippen molar-refractivity contribution in [2.45, 2.75) is 13.6 Å². The van der Waals surface area contributed by atoms with Gasteiger partial charge in [0, 0.05) is 38.4 Å². The Hall–Kier alpha value is -2.32. The van der Waals surface area contributed by atoms with Gasteiger partial charge in [0.2, 0.25) is 5.13 Å². The number of piperazine rings is 1. The Kier molecular flexibility index (Phi) is 7.07. The lowest BCUT2D eigenvalue weighted by atomic mass is 10.2. The first kappa shape index (κ1) is 20.9. The second-order valence-corrected chi connectivity index (χ2v) is 9.16. The first-order valence-electron chi connectivity index (χ1n) is 10.2. The van der Waals surface area contributed by atoms with E-state index in [2.05, 4.69) is 75.7 Å². The summed E-state index contributed by atoms with van der Waals surface area (Å²) in [7, 11) is 0. The maximum Gasteiger partial charge on any atom is 0.209 e. The topological polar surface area (TPSA) is 36.3 Å². The first-order valence-corrected chi connectivity index (χ1v) is 11.5. The molecular formula is C23H27N5S2. The number of aryl methyl sites for hydroxylation is 1. The number of nitrogens with zero attached hydrogens (tertiary/aromatic N) is 4. The molecule has 2 aromatic carbocycles. The molecule has 0 aliphatic carbocycles. The second-order valence-electron chi connectivity index (χ2n) is 7.54. The molecule has 3 aromatic rings. The maximum atomic E-state index is 5.54. The van der Waals surface area contributed by atoms with E-state index in [0.29, 0.717) is 0 Å². The standard InChI is InChI=1S/C23H27N5S2/c1-19-7-5-11-21(17-19)24-22-25-28(23(29)30-22)18-27-15-13-26(14-16-27)12-6-10-20-8-3-2-4-9-20/h2-11,17H,12-16,18H2,1H3,(H,24,25)/b10-6+. The van der Waals surface area contributed by atoms with Crippen molar-refractivity contribution in [3.63, 3.8) is 0 Å². The second kappa shape index (κ2) is 10.1. The molecule has 7 heteroatoms. The van der Waals surface area contributed by atoms with Gasteiger partial charge in [0.15, 0.2) is 3.95 Å². The fraction of sp³-hybridized carbons (Fsp3) is 0.304. The molecular weight excluding hydrogens is 410 g/mol. The summed E-state index contributed by atoms with van der Waals surface area (Å²) in [6, 6.07) is 18.8. The molecule has 0 radical (unpaired) electrons. The van der Waals surface area contributed by atoms with E-state index < -0.39 is 0 Å². The molecule has 1 saturated heterocycles. The molecule has 0 atom stereocenters. The normalized spacial score (nSPS) is 15.6. The molecule has 5 nitrogen and oxygen atoms in total. The van der Waals surface area contributed by atoms with Crippen molar-refractivity contribution in [1.29, 1.82) is 0 Å². The molecule has 0 amide bonds. The molecule has 4 rings (SSSR count). The smallest absolute Gasteiger partial charge is 0.209 e. The number of hydrogen-bond donors (Lipinski definition) is 1. The van der Waals surface area contributed by atoms with E-state index in [9.17, 15) is 0 Å². The molecule has 1 aromatic heterocycles. The summed E-state index contributed by atoms with van der Waals surface area (Å²) in [6.45, 7) is 8.00. The third-order valence-electron chi connectivity index (χ3n) is 5.15. The van der Waals surface area contributed by atoms with Crippen LogP contribution in [0.3, 0.4) is 0 Å². The number of benzene rings is 2. The van der Waals surface area contributed by atoms with Crippen LogP contribution in [0, 0.1) is 10.9 Å². The molecule has 0 saturated carbocycles. The molecule has 1 N–H and O–H groups in total. The summed E-state index contributed by atoms with van der Waals surface area (Å²) in [5, 5.41) is 8.90. The number of aromatic nitrogens is 2. The summed E-state index contributed by atoms with van der Waals surface area (Å²) in [5.41, 5.74) is 3.52.